The number of hydrogen-bond acceptors (Lipinski definition) is 3. The first-order chi connectivity index (χ1) is 11.6. The van der Waals surface area contributed by atoms with Gasteiger partial charge < -0.3 is 15.0 Å². The molecule has 0 saturated carbocycles. The van der Waals surface area contributed by atoms with Crippen molar-refractivity contribution in [2.75, 3.05) is 6.54 Å². The SMILES string of the molecule is Cc1[nH]c2c(C(=O)N3CCn4nc(CO)cc4C3)cccc2c1C. The van der Waals surface area contributed by atoms with Gasteiger partial charge in [-0.1, -0.05) is 12.1 Å². The highest BCUT2D eigenvalue weighted by Gasteiger charge is 2.25. The lowest BCUT2D eigenvalue weighted by atomic mass is 10.1. The summed E-state index contributed by atoms with van der Waals surface area (Å²) >= 11 is 0. The fourth-order valence-electron chi connectivity index (χ4n) is 3.41. The Morgan fingerprint density at radius 3 is 2.96 bits per heavy atom. The maximum absolute atomic E-state index is 13.0. The molecule has 1 amide bonds. The van der Waals surface area contributed by atoms with Crippen molar-refractivity contribution in [1.82, 2.24) is 19.7 Å². The summed E-state index contributed by atoms with van der Waals surface area (Å²) < 4.78 is 1.87. The van der Waals surface area contributed by atoms with Crippen LogP contribution in [-0.4, -0.2) is 37.2 Å². The Balaban J connectivity index is 1.68. The number of fused-ring (bicyclic) bond motifs is 2. The number of hydrogen-bond donors (Lipinski definition) is 2. The van der Waals surface area contributed by atoms with Crippen molar-refractivity contribution in [2.24, 2.45) is 0 Å². The number of aliphatic hydroxyl groups excluding tert-OH is 1. The molecular weight excluding hydrogens is 304 g/mol. The summed E-state index contributed by atoms with van der Waals surface area (Å²) in [6.45, 7) is 5.81. The number of para-hydroxylation sites is 1. The molecule has 1 aliphatic heterocycles. The molecule has 0 bridgehead atoms. The van der Waals surface area contributed by atoms with E-state index in [-0.39, 0.29) is 12.5 Å². The van der Waals surface area contributed by atoms with E-state index in [9.17, 15) is 9.90 Å². The summed E-state index contributed by atoms with van der Waals surface area (Å²) in [6.07, 6.45) is 0. The molecule has 0 atom stereocenters. The first kappa shape index (κ1) is 15.0. The zero-order valence-corrected chi connectivity index (χ0v) is 13.8. The first-order valence-corrected chi connectivity index (χ1v) is 8.12. The Hall–Kier alpha value is -2.60. The van der Waals surface area contributed by atoms with E-state index in [0.717, 1.165) is 22.3 Å². The number of aromatic nitrogens is 3. The normalized spacial score (nSPS) is 14.2. The van der Waals surface area contributed by atoms with Gasteiger partial charge in [0.25, 0.3) is 5.91 Å². The Labute approximate surface area is 139 Å². The van der Waals surface area contributed by atoms with E-state index in [0.29, 0.717) is 30.9 Å². The van der Waals surface area contributed by atoms with E-state index < -0.39 is 0 Å². The van der Waals surface area contributed by atoms with Gasteiger partial charge in [0.1, 0.15) is 0 Å². The molecule has 4 rings (SSSR count). The molecule has 24 heavy (non-hydrogen) atoms. The molecule has 3 heterocycles. The summed E-state index contributed by atoms with van der Waals surface area (Å²) in [6, 6.07) is 7.73. The van der Waals surface area contributed by atoms with Gasteiger partial charge in [-0.05, 0) is 31.5 Å². The van der Waals surface area contributed by atoms with Gasteiger partial charge in [-0.25, -0.2) is 0 Å². The van der Waals surface area contributed by atoms with E-state index in [1.54, 1.807) is 0 Å². The third-order valence-electron chi connectivity index (χ3n) is 4.87. The topological polar surface area (TPSA) is 74.2 Å². The van der Waals surface area contributed by atoms with Gasteiger partial charge in [0.2, 0.25) is 0 Å². The van der Waals surface area contributed by atoms with Gasteiger partial charge in [-0.15, -0.1) is 0 Å². The van der Waals surface area contributed by atoms with Gasteiger partial charge in [0, 0.05) is 17.6 Å². The van der Waals surface area contributed by atoms with Crippen LogP contribution in [0.1, 0.15) is 33.0 Å². The van der Waals surface area contributed by atoms with Crippen molar-refractivity contribution < 1.29 is 9.90 Å². The molecule has 0 aliphatic carbocycles. The lowest BCUT2D eigenvalue weighted by Crippen LogP contribution is -2.38. The molecular formula is C18H20N4O2. The van der Waals surface area contributed by atoms with Crippen molar-refractivity contribution in [3.63, 3.8) is 0 Å². The summed E-state index contributed by atoms with van der Waals surface area (Å²) in [5.41, 5.74) is 5.51. The minimum Gasteiger partial charge on any atom is -0.390 e. The minimum absolute atomic E-state index is 0.0276. The van der Waals surface area contributed by atoms with Crippen molar-refractivity contribution in [1.29, 1.82) is 0 Å². The predicted octanol–water partition coefficient (Wildman–Crippen LogP) is 2.13. The number of aliphatic hydroxyl groups is 1. The van der Waals surface area contributed by atoms with Crippen LogP contribution >= 0.6 is 0 Å². The third kappa shape index (κ3) is 2.22. The van der Waals surface area contributed by atoms with E-state index in [4.69, 9.17) is 0 Å². The lowest BCUT2D eigenvalue weighted by Gasteiger charge is -2.28. The number of nitrogens with one attached hydrogen (secondary N) is 1. The zero-order valence-electron chi connectivity index (χ0n) is 13.8. The fourth-order valence-corrected chi connectivity index (χ4v) is 3.41. The van der Waals surface area contributed by atoms with Crippen LogP contribution in [0.25, 0.3) is 10.9 Å². The molecule has 0 fully saturated rings. The van der Waals surface area contributed by atoms with Crippen LogP contribution in [0.3, 0.4) is 0 Å². The highest BCUT2D eigenvalue weighted by Crippen LogP contribution is 2.26. The lowest BCUT2D eigenvalue weighted by molar-refractivity contribution is 0.0708. The molecule has 0 radical (unpaired) electrons. The fraction of sp³-hybridized carbons (Fsp3) is 0.333. The largest absolute Gasteiger partial charge is 0.390 e. The number of aromatic amines is 1. The number of amides is 1. The number of carbonyl (C=O) groups excluding carboxylic acids is 1. The van der Waals surface area contributed by atoms with Crippen LogP contribution in [0.5, 0.6) is 0 Å². The zero-order chi connectivity index (χ0) is 16.8. The molecule has 0 unspecified atom stereocenters. The summed E-state index contributed by atoms with van der Waals surface area (Å²) in [5.74, 6) is 0.0276. The second-order valence-electron chi connectivity index (χ2n) is 6.34. The molecule has 3 aromatic rings. The monoisotopic (exact) mass is 324 g/mol. The van der Waals surface area contributed by atoms with Crippen LogP contribution in [0.15, 0.2) is 24.3 Å². The van der Waals surface area contributed by atoms with E-state index in [1.165, 1.54) is 5.56 Å². The predicted molar refractivity (Wildman–Crippen MR) is 90.7 cm³/mol. The van der Waals surface area contributed by atoms with Crippen LogP contribution in [0.4, 0.5) is 0 Å². The van der Waals surface area contributed by atoms with E-state index in [2.05, 4.69) is 17.0 Å². The molecule has 6 heteroatoms. The van der Waals surface area contributed by atoms with E-state index >= 15 is 0 Å². The quantitative estimate of drug-likeness (QED) is 0.758. The summed E-state index contributed by atoms with van der Waals surface area (Å²) in [7, 11) is 0. The number of carbonyl (C=O) groups is 1. The smallest absolute Gasteiger partial charge is 0.256 e. The molecule has 1 aliphatic rings. The summed E-state index contributed by atoms with van der Waals surface area (Å²) in [4.78, 5) is 18.2. The summed E-state index contributed by atoms with van der Waals surface area (Å²) in [5, 5.41) is 14.6. The molecule has 0 saturated heterocycles. The number of benzene rings is 1. The maximum atomic E-state index is 13.0. The van der Waals surface area contributed by atoms with Crippen molar-refractivity contribution in [3.05, 3.63) is 52.5 Å². The van der Waals surface area contributed by atoms with E-state index in [1.807, 2.05) is 40.8 Å². The number of nitrogens with zero attached hydrogens (tertiary/aromatic N) is 3. The first-order valence-electron chi connectivity index (χ1n) is 8.12. The number of rotatable bonds is 2. The Bertz CT molecular complexity index is 938. The number of H-pyrrole nitrogens is 1. The molecule has 124 valence electrons. The highest BCUT2D eigenvalue weighted by molar-refractivity contribution is 6.06. The molecule has 2 aromatic heterocycles. The Kier molecular flexibility index (Phi) is 3.42. The van der Waals surface area contributed by atoms with Gasteiger partial charge in [0.15, 0.2) is 0 Å². The highest BCUT2D eigenvalue weighted by atomic mass is 16.3. The standard InChI is InChI=1S/C18H20N4O2/c1-11-12(2)19-17-15(11)4-3-5-16(17)18(24)21-6-7-22-14(9-21)8-13(10-23)20-22/h3-5,8,19,23H,6-7,9-10H2,1-2H3. The van der Waals surface area contributed by atoms with Crippen LogP contribution < -0.4 is 0 Å². The van der Waals surface area contributed by atoms with Crippen molar-refractivity contribution >= 4 is 16.8 Å². The van der Waals surface area contributed by atoms with Gasteiger partial charge in [0.05, 0.1) is 42.2 Å². The average Bonchev–Trinajstić information content (AvgIpc) is 3.14. The molecule has 2 N–H and O–H groups in total. The Morgan fingerprint density at radius 2 is 2.17 bits per heavy atom. The number of aryl methyl sites for hydroxylation is 2. The van der Waals surface area contributed by atoms with Crippen molar-refractivity contribution in [3.8, 4) is 0 Å². The van der Waals surface area contributed by atoms with Gasteiger partial charge >= 0.3 is 0 Å². The molecule has 0 spiro atoms. The second-order valence-corrected chi connectivity index (χ2v) is 6.34. The van der Waals surface area contributed by atoms with Crippen LogP contribution in [-0.2, 0) is 19.7 Å². The third-order valence-corrected chi connectivity index (χ3v) is 4.87. The minimum atomic E-state index is -0.0751. The maximum Gasteiger partial charge on any atom is 0.256 e. The van der Waals surface area contributed by atoms with Gasteiger partial charge in [-0.2, -0.15) is 5.10 Å². The molecule has 6 nitrogen and oxygen atoms in total. The van der Waals surface area contributed by atoms with Crippen molar-refractivity contribution in [2.45, 2.75) is 33.5 Å². The van der Waals surface area contributed by atoms with Crippen LogP contribution in [0.2, 0.25) is 0 Å². The molecule has 1 aromatic carbocycles. The average molecular weight is 324 g/mol. The van der Waals surface area contributed by atoms with Crippen LogP contribution in [0, 0.1) is 13.8 Å². The van der Waals surface area contributed by atoms with Gasteiger partial charge in [-0.3, -0.25) is 9.48 Å². The Morgan fingerprint density at radius 1 is 1.33 bits per heavy atom. The second kappa shape index (κ2) is 5.49.